The third-order valence-corrected chi connectivity index (χ3v) is 5.35. The molecule has 1 fully saturated rings. The summed E-state index contributed by atoms with van der Waals surface area (Å²) in [7, 11) is 1.61. The van der Waals surface area contributed by atoms with Gasteiger partial charge in [0, 0.05) is 25.7 Å². The summed E-state index contributed by atoms with van der Waals surface area (Å²) in [6.07, 6.45) is 2.00. The molecule has 2 heterocycles. The average molecular weight is 392 g/mol. The first-order valence-corrected chi connectivity index (χ1v) is 9.37. The van der Waals surface area contributed by atoms with E-state index in [1.807, 2.05) is 30.3 Å². The fraction of sp³-hybridized carbons (Fsp3) is 0.227. The summed E-state index contributed by atoms with van der Waals surface area (Å²) in [6.45, 7) is 0.627. The summed E-state index contributed by atoms with van der Waals surface area (Å²) in [4.78, 5) is 27.3. The van der Waals surface area contributed by atoms with Gasteiger partial charge in [0.15, 0.2) is 0 Å². The Hall–Kier alpha value is -3.48. The normalized spacial score (nSPS) is 14.9. The highest BCUT2D eigenvalue weighted by Gasteiger charge is 2.51. The van der Waals surface area contributed by atoms with Gasteiger partial charge in [-0.25, -0.2) is 4.39 Å². The summed E-state index contributed by atoms with van der Waals surface area (Å²) in [5.41, 5.74) is 1.77. The lowest BCUT2D eigenvalue weighted by Crippen LogP contribution is -2.65. The fourth-order valence-electron chi connectivity index (χ4n) is 3.90. The summed E-state index contributed by atoms with van der Waals surface area (Å²) in [5, 5.41) is 9.48. The summed E-state index contributed by atoms with van der Waals surface area (Å²) in [5.74, 6) is -0.700. The Bertz CT molecular complexity index is 1040. The number of amides is 2. The lowest BCUT2D eigenvalue weighted by atomic mass is 9.73. The summed E-state index contributed by atoms with van der Waals surface area (Å²) < 4.78 is 13.6. The van der Waals surface area contributed by atoms with Crippen molar-refractivity contribution in [2.45, 2.75) is 6.42 Å². The first-order chi connectivity index (χ1) is 14.0. The molecule has 0 spiro atoms. The minimum Gasteiger partial charge on any atom is -0.359 e. The van der Waals surface area contributed by atoms with Crippen molar-refractivity contribution in [3.05, 3.63) is 77.7 Å². The molecule has 29 heavy (non-hydrogen) atoms. The van der Waals surface area contributed by atoms with Crippen molar-refractivity contribution in [1.29, 1.82) is 0 Å². The highest BCUT2D eigenvalue weighted by Crippen LogP contribution is 2.36. The third kappa shape index (κ3) is 3.51. The van der Waals surface area contributed by atoms with Crippen molar-refractivity contribution in [3.63, 3.8) is 0 Å². The molecule has 4 rings (SSSR count). The first kappa shape index (κ1) is 18.9. The molecule has 1 aromatic heterocycles. The minimum atomic E-state index is -0.658. The largest absolute Gasteiger partial charge is 0.359 e. The topological polar surface area (TPSA) is 78.1 Å². The molecule has 0 unspecified atom stereocenters. The third-order valence-electron chi connectivity index (χ3n) is 5.35. The molecule has 0 atom stereocenters. The molecule has 0 aliphatic carbocycles. The number of hydrogen-bond acceptors (Lipinski definition) is 3. The Kier molecular flexibility index (Phi) is 4.88. The standard InChI is InChI=1S/C22H21FN4O2/c1-24-21(29)22(11-15-6-3-2-4-7-15)13-27(14-22)20(28)18-12-25-26-19(18)16-8-5-9-17(23)10-16/h2-10,12H,11,13-14H2,1H3,(H,24,29)(H,25,26). The van der Waals surface area contributed by atoms with E-state index in [9.17, 15) is 14.0 Å². The molecular weight excluding hydrogens is 371 g/mol. The molecule has 2 amide bonds. The zero-order valence-electron chi connectivity index (χ0n) is 16.0. The molecular formula is C22H21FN4O2. The SMILES string of the molecule is CNC(=O)C1(Cc2ccccc2)CN(C(=O)c2cn[nH]c2-c2cccc(F)c2)C1. The van der Waals surface area contributed by atoms with E-state index in [1.54, 1.807) is 24.1 Å². The number of halogens is 1. The number of carbonyl (C=O) groups excluding carboxylic acids is 2. The Morgan fingerprint density at radius 1 is 1.17 bits per heavy atom. The smallest absolute Gasteiger partial charge is 0.257 e. The van der Waals surface area contributed by atoms with Crippen LogP contribution in [0.2, 0.25) is 0 Å². The molecule has 0 bridgehead atoms. The fourth-order valence-corrected chi connectivity index (χ4v) is 3.90. The highest BCUT2D eigenvalue weighted by molar-refractivity contribution is 6.01. The van der Waals surface area contributed by atoms with Gasteiger partial charge in [-0.2, -0.15) is 5.10 Å². The summed E-state index contributed by atoms with van der Waals surface area (Å²) in [6, 6.07) is 15.8. The van der Waals surface area contributed by atoms with Gasteiger partial charge in [-0.15, -0.1) is 0 Å². The van der Waals surface area contributed by atoms with E-state index >= 15 is 0 Å². The maximum absolute atomic E-state index is 13.6. The number of hydrogen-bond donors (Lipinski definition) is 2. The molecule has 7 heteroatoms. The van der Waals surface area contributed by atoms with Gasteiger partial charge in [0.25, 0.3) is 5.91 Å². The van der Waals surface area contributed by atoms with Crippen LogP contribution in [0.25, 0.3) is 11.3 Å². The Morgan fingerprint density at radius 2 is 1.93 bits per heavy atom. The number of rotatable bonds is 5. The number of aromatic amines is 1. The second-order valence-corrected chi connectivity index (χ2v) is 7.35. The first-order valence-electron chi connectivity index (χ1n) is 9.37. The second kappa shape index (κ2) is 7.50. The van der Waals surface area contributed by atoms with Gasteiger partial charge in [0.05, 0.1) is 22.9 Å². The van der Waals surface area contributed by atoms with Crippen molar-refractivity contribution in [2.75, 3.05) is 20.1 Å². The Balaban J connectivity index is 1.55. The van der Waals surface area contributed by atoms with Crippen LogP contribution in [-0.4, -0.2) is 47.0 Å². The van der Waals surface area contributed by atoms with E-state index in [-0.39, 0.29) is 17.6 Å². The second-order valence-electron chi connectivity index (χ2n) is 7.35. The molecule has 0 radical (unpaired) electrons. The number of aromatic nitrogens is 2. The number of benzene rings is 2. The van der Waals surface area contributed by atoms with Crippen LogP contribution >= 0.6 is 0 Å². The van der Waals surface area contributed by atoms with Crippen molar-refractivity contribution >= 4 is 11.8 Å². The zero-order valence-corrected chi connectivity index (χ0v) is 16.0. The monoisotopic (exact) mass is 392 g/mol. The molecule has 1 aliphatic heterocycles. The maximum Gasteiger partial charge on any atom is 0.257 e. The molecule has 1 saturated heterocycles. The predicted octanol–water partition coefficient (Wildman–Crippen LogP) is 2.65. The minimum absolute atomic E-state index is 0.0806. The average Bonchev–Trinajstić information content (AvgIpc) is 3.20. The predicted molar refractivity (Wildman–Crippen MR) is 107 cm³/mol. The number of likely N-dealkylation sites (tertiary alicyclic amines) is 1. The van der Waals surface area contributed by atoms with Gasteiger partial charge in [-0.3, -0.25) is 14.7 Å². The molecule has 6 nitrogen and oxygen atoms in total. The summed E-state index contributed by atoms with van der Waals surface area (Å²) >= 11 is 0. The van der Waals surface area contributed by atoms with E-state index < -0.39 is 5.41 Å². The van der Waals surface area contributed by atoms with Gasteiger partial charge >= 0.3 is 0 Å². The maximum atomic E-state index is 13.6. The van der Waals surface area contributed by atoms with Crippen molar-refractivity contribution in [2.24, 2.45) is 5.41 Å². The van der Waals surface area contributed by atoms with Gasteiger partial charge < -0.3 is 10.2 Å². The van der Waals surface area contributed by atoms with E-state index in [2.05, 4.69) is 15.5 Å². The quantitative estimate of drug-likeness (QED) is 0.701. The van der Waals surface area contributed by atoms with E-state index in [0.717, 1.165) is 5.56 Å². The number of H-pyrrole nitrogens is 1. The van der Waals surface area contributed by atoms with Crippen LogP contribution in [0.4, 0.5) is 4.39 Å². The van der Waals surface area contributed by atoms with Gasteiger partial charge in [-0.1, -0.05) is 42.5 Å². The van der Waals surface area contributed by atoms with Crippen molar-refractivity contribution in [1.82, 2.24) is 20.4 Å². The molecule has 0 saturated carbocycles. The van der Waals surface area contributed by atoms with Crippen LogP contribution in [0, 0.1) is 11.2 Å². The zero-order chi connectivity index (χ0) is 20.4. The highest BCUT2D eigenvalue weighted by atomic mass is 19.1. The number of carbonyl (C=O) groups is 2. The van der Waals surface area contributed by atoms with Crippen LogP contribution in [0.3, 0.4) is 0 Å². The van der Waals surface area contributed by atoms with E-state index in [0.29, 0.717) is 36.3 Å². The van der Waals surface area contributed by atoms with Crippen molar-refractivity contribution < 1.29 is 14.0 Å². The van der Waals surface area contributed by atoms with Gasteiger partial charge in [-0.05, 0) is 24.1 Å². The van der Waals surface area contributed by atoms with E-state index in [4.69, 9.17) is 0 Å². The van der Waals surface area contributed by atoms with Crippen LogP contribution in [-0.2, 0) is 11.2 Å². The lowest BCUT2D eigenvalue weighted by molar-refractivity contribution is -0.138. The number of nitrogens with zero attached hydrogens (tertiary/aromatic N) is 2. The Morgan fingerprint density at radius 3 is 2.62 bits per heavy atom. The molecule has 3 aromatic rings. The molecule has 1 aliphatic rings. The van der Waals surface area contributed by atoms with Crippen LogP contribution in [0.1, 0.15) is 15.9 Å². The van der Waals surface area contributed by atoms with Gasteiger partial charge in [0.1, 0.15) is 5.82 Å². The number of nitrogens with one attached hydrogen (secondary N) is 2. The van der Waals surface area contributed by atoms with Gasteiger partial charge in [0.2, 0.25) is 5.91 Å². The van der Waals surface area contributed by atoms with Crippen LogP contribution < -0.4 is 5.32 Å². The Labute approximate surface area is 167 Å². The molecule has 2 N–H and O–H groups in total. The lowest BCUT2D eigenvalue weighted by Gasteiger charge is -2.48. The van der Waals surface area contributed by atoms with Crippen molar-refractivity contribution in [3.8, 4) is 11.3 Å². The molecule has 2 aromatic carbocycles. The molecule has 148 valence electrons. The van der Waals surface area contributed by atoms with Crippen LogP contribution in [0.15, 0.2) is 60.8 Å². The van der Waals surface area contributed by atoms with E-state index in [1.165, 1.54) is 18.3 Å². The van der Waals surface area contributed by atoms with Crippen LogP contribution in [0.5, 0.6) is 0 Å².